The first kappa shape index (κ1) is 17.5. The predicted octanol–water partition coefficient (Wildman–Crippen LogP) is 1.61. The molecule has 2 aromatic carbocycles. The van der Waals surface area contributed by atoms with E-state index in [-0.39, 0.29) is 18.0 Å². The van der Waals surface area contributed by atoms with E-state index >= 15 is 0 Å². The minimum Gasteiger partial charge on any atom is -0.445 e. The summed E-state index contributed by atoms with van der Waals surface area (Å²) in [6.45, 7) is 0.254. The summed E-state index contributed by atoms with van der Waals surface area (Å²) in [7, 11) is -3.76. The van der Waals surface area contributed by atoms with Crippen molar-refractivity contribution >= 4 is 16.1 Å². The molecule has 6 nitrogen and oxygen atoms in total. The lowest BCUT2D eigenvalue weighted by molar-refractivity contribution is 0.141. The summed E-state index contributed by atoms with van der Waals surface area (Å²) in [5, 5.41) is 7.54. The van der Waals surface area contributed by atoms with Crippen LogP contribution in [0.4, 0.5) is 4.79 Å². The van der Waals surface area contributed by atoms with E-state index in [4.69, 9.17) is 9.88 Å². The second kappa shape index (κ2) is 8.15. The fourth-order valence-corrected chi connectivity index (χ4v) is 2.35. The molecule has 124 valence electrons. The number of carbonyl (C=O) groups excluding carboxylic acids is 1. The molecule has 7 heteroatoms. The van der Waals surface area contributed by atoms with Gasteiger partial charge in [-0.3, -0.25) is 0 Å². The smallest absolute Gasteiger partial charge is 0.408 e. The molecule has 0 radical (unpaired) electrons. The first-order chi connectivity index (χ1) is 11.4. The molecule has 2 rings (SSSR count). The highest BCUT2D eigenvalue weighted by Gasteiger charge is 2.06. The number of carbonyl (C=O) groups is 1. The highest BCUT2D eigenvalue weighted by atomic mass is 32.2. The second-order valence-corrected chi connectivity index (χ2v) is 6.35. The zero-order chi connectivity index (χ0) is 17.4. The molecule has 0 aliphatic carbocycles. The van der Waals surface area contributed by atoms with Crippen LogP contribution in [0.2, 0.25) is 0 Å². The number of primary sulfonamides is 1. The number of nitrogens with two attached hydrogens (primary N) is 1. The van der Waals surface area contributed by atoms with Gasteiger partial charge in [0.15, 0.2) is 0 Å². The maximum Gasteiger partial charge on any atom is 0.408 e. The number of sulfonamides is 1. The normalized spacial score (nSPS) is 10.4. The van der Waals surface area contributed by atoms with Crippen molar-refractivity contribution in [1.82, 2.24) is 5.32 Å². The van der Waals surface area contributed by atoms with Crippen molar-refractivity contribution in [3.8, 4) is 11.8 Å². The average molecular weight is 344 g/mol. The van der Waals surface area contributed by atoms with Gasteiger partial charge >= 0.3 is 6.09 Å². The highest BCUT2D eigenvalue weighted by Crippen LogP contribution is 2.08. The molecule has 0 unspecified atom stereocenters. The third-order valence-electron chi connectivity index (χ3n) is 2.93. The molecule has 0 aliphatic heterocycles. The Balaban J connectivity index is 1.82. The van der Waals surface area contributed by atoms with Crippen molar-refractivity contribution in [3.05, 3.63) is 65.7 Å². The van der Waals surface area contributed by atoms with Crippen LogP contribution in [-0.2, 0) is 21.4 Å². The molecule has 1 amide bonds. The number of benzene rings is 2. The van der Waals surface area contributed by atoms with Crippen LogP contribution in [0.15, 0.2) is 59.5 Å². The molecule has 0 saturated carbocycles. The molecule has 0 spiro atoms. The van der Waals surface area contributed by atoms with Gasteiger partial charge in [-0.1, -0.05) is 48.2 Å². The zero-order valence-corrected chi connectivity index (χ0v) is 13.5. The molecule has 0 aliphatic rings. The molecular formula is C17H16N2O4S. The molecule has 0 saturated heterocycles. The van der Waals surface area contributed by atoms with Crippen LogP contribution in [0.25, 0.3) is 0 Å². The first-order valence-corrected chi connectivity index (χ1v) is 8.56. The summed E-state index contributed by atoms with van der Waals surface area (Å²) in [5.41, 5.74) is 1.37. The highest BCUT2D eigenvalue weighted by molar-refractivity contribution is 7.89. The average Bonchev–Trinajstić information content (AvgIpc) is 2.57. The molecular weight excluding hydrogens is 328 g/mol. The molecule has 0 heterocycles. The maximum absolute atomic E-state index is 11.5. The van der Waals surface area contributed by atoms with Gasteiger partial charge in [0.25, 0.3) is 0 Å². The molecule has 0 aromatic heterocycles. The summed E-state index contributed by atoms with van der Waals surface area (Å²) in [5.74, 6) is 5.46. The lowest BCUT2D eigenvalue weighted by Gasteiger charge is -2.04. The van der Waals surface area contributed by atoms with Gasteiger partial charge in [-0.15, -0.1) is 0 Å². The molecule has 2 aromatic rings. The summed E-state index contributed by atoms with van der Waals surface area (Å²) in [6, 6.07) is 15.3. The predicted molar refractivity (Wildman–Crippen MR) is 89.3 cm³/mol. The van der Waals surface area contributed by atoms with Crippen LogP contribution < -0.4 is 10.5 Å². The van der Waals surface area contributed by atoms with Crippen molar-refractivity contribution in [2.24, 2.45) is 5.14 Å². The zero-order valence-electron chi connectivity index (χ0n) is 12.7. The van der Waals surface area contributed by atoms with Crippen LogP contribution in [0.5, 0.6) is 0 Å². The van der Waals surface area contributed by atoms with Crippen molar-refractivity contribution in [2.75, 3.05) is 6.54 Å². The van der Waals surface area contributed by atoms with E-state index in [0.717, 1.165) is 5.56 Å². The van der Waals surface area contributed by atoms with Gasteiger partial charge in [-0.25, -0.2) is 18.4 Å². The van der Waals surface area contributed by atoms with Crippen LogP contribution in [0, 0.1) is 11.8 Å². The number of alkyl carbamates (subject to hydrolysis) is 1. The Morgan fingerprint density at radius 1 is 1.12 bits per heavy atom. The quantitative estimate of drug-likeness (QED) is 0.823. The van der Waals surface area contributed by atoms with Crippen LogP contribution >= 0.6 is 0 Å². The van der Waals surface area contributed by atoms with Gasteiger partial charge in [0, 0.05) is 5.56 Å². The fraction of sp³-hybridized carbons (Fsp3) is 0.118. The monoisotopic (exact) mass is 344 g/mol. The Labute approximate surface area is 140 Å². The minimum absolute atomic E-state index is 0.00969. The lowest BCUT2D eigenvalue weighted by atomic mass is 10.2. The fourth-order valence-electron chi connectivity index (χ4n) is 1.79. The van der Waals surface area contributed by atoms with E-state index in [1.807, 2.05) is 30.3 Å². The topological polar surface area (TPSA) is 98.5 Å². The van der Waals surface area contributed by atoms with Crippen molar-refractivity contribution in [3.63, 3.8) is 0 Å². The van der Waals surface area contributed by atoms with E-state index in [9.17, 15) is 13.2 Å². The standard InChI is InChI=1S/C17H16N2O4S/c18-24(21,22)16-10-4-8-14(12-16)9-5-11-19-17(20)23-13-15-6-2-1-3-7-15/h1-4,6-8,10,12H,11,13H2,(H,19,20)(H2,18,21,22). The number of hydrogen-bond acceptors (Lipinski definition) is 4. The first-order valence-electron chi connectivity index (χ1n) is 7.01. The van der Waals surface area contributed by atoms with Crippen molar-refractivity contribution in [2.45, 2.75) is 11.5 Å². The number of rotatable bonds is 4. The number of amides is 1. The number of ether oxygens (including phenoxy) is 1. The summed E-state index contributed by atoms with van der Waals surface area (Å²) in [4.78, 5) is 11.5. The molecule has 24 heavy (non-hydrogen) atoms. The molecule has 0 atom stereocenters. The largest absolute Gasteiger partial charge is 0.445 e. The van der Waals surface area contributed by atoms with Crippen molar-refractivity contribution in [1.29, 1.82) is 0 Å². The Hall–Kier alpha value is -2.82. The number of hydrogen-bond donors (Lipinski definition) is 2. The Morgan fingerprint density at radius 2 is 1.88 bits per heavy atom. The van der Waals surface area contributed by atoms with E-state index in [1.54, 1.807) is 12.1 Å². The van der Waals surface area contributed by atoms with Crippen LogP contribution in [0.1, 0.15) is 11.1 Å². The van der Waals surface area contributed by atoms with E-state index in [2.05, 4.69) is 17.2 Å². The van der Waals surface area contributed by atoms with Crippen LogP contribution in [-0.4, -0.2) is 21.1 Å². The Kier molecular flexibility index (Phi) is 5.95. The molecule has 0 fully saturated rings. The van der Waals surface area contributed by atoms with Gasteiger partial charge in [0.05, 0.1) is 11.4 Å². The third-order valence-corrected chi connectivity index (χ3v) is 3.84. The summed E-state index contributed by atoms with van der Waals surface area (Å²) >= 11 is 0. The van der Waals surface area contributed by atoms with Gasteiger partial charge in [-0.2, -0.15) is 0 Å². The Bertz CT molecular complexity index is 868. The maximum atomic E-state index is 11.5. The van der Waals surface area contributed by atoms with Gasteiger partial charge in [0.1, 0.15) is 6.61 Å². The number of nitrogens with one attached hydrogen (secondary N) is 1. The SMILES string of the molecule is NS(=O)(=O)c1cccc(C#CCNC(=O)OCc2ccccc2)c1. The Morgan fingerprint density at radius 3 is 2.58 bits per heavy atom. The lowest BCUT2D eigenvalue weighted by Crippen LogP contribution is -2.24. The second-order valence-electron chi connectivity index (χ2n) is 4.79. The summed E-state index contributed by atoms with van der Waals surface area (Å²) < 4.78 is 27.5. The van der Waals surface area contributed by atoms with E-state index in [1.165, 1.54) is 12.1 Å². The van der Waals surface area contributed by atoms with Gasteiger partial charge < -0.3 is 10.1 Å². The minimum atomic E-state index is -3.76. The molecule has 0 bridgehead atoms. The van der Waals surface area contributed by atoms with Gasteiger partial charge in [-0.05, 0) is 23.8 Å². The summed E-state index contributed by atoms with van der Waals surface area (Å²) in [6.07, 6.45) is -0.577. The van der Waals surface area contributed by atoms with Crippen LogP contribution in [0.3, 0.4) is 0 Å². The van der Waals surface area contributed by atoms with Crippen molar-refractivity contribution < 1.29 is 17.9 Å². The third kappa shape index (κ3) is 5.76. The van der Waals surface area contributed by atoms with E-state index < -0.39 is 16.1 Å². The van der Waals surface area contributed by atoms with E-state index in [0.29, 0.717) is 5.56 Å². The molecule has 3 N–H and O–H groups in total. The van der Waals surface area contributed by atoms with Gasteiger partial charge in [0.2, 0.25) is 10.0 Å².